The van der Waals surface area contributed by atoms with Gasteiger partial charge in [-0.1, -0.05) is 24.8 Å². The SMILES string of the molecule is C=CCOc1ccc(NC(=O)C(=O)N/N=C\c2cc(Br)c(OCC(=O)Nc3cccc(C)c3)c(OC)c2)cc1. The Balaban J connectivity index is 1.54. The van der Waals surface area contributed by atoms with Crippen molar-refractivity contribution in [1.82, 2.24) is 5.43 Å². The largest absolute Gasteiger partial charge is 0.493 e. The average molecular weight is 595 g/mol. The average Bonchev–Trinajstić information content (AvgIpc) is 2.91. The van der Waals surface area contributed by atoms with Crippen molar-refractivity contribution in [1.29, 1.82) is 0 Å². The fourth-order valence-electron chi connectivity index (χ4n) is 3.21. The number of ether oxygens (including phenoxy) is 3. The topological polar surface area (TPSA) is 127 Å². The maximum Gasteiger partial charge on any atom is 0.329 e. The zero-order chi connectivity index (χ0) is 28.2. The molecule has 0 radical (unpaired) electrons. The number of aryl methyl sites for hydroxylation is 1. The van der Waals surface area contributed by atoms with E-state index in [1.807, 2.05) is 25.1 Å². The molecular weight excluding hydrogens is 568 g/mol. The van der Waals surface area contributed by atoms with Gasteiger partial charge in [0.2, 0.25) is 0 Å². The van der Waals surface area contributed by atoms with Gasteiger partial charge in [-0.05, 0) is 82.5 Å². The first kappa shape index (κ1) is 28.9. The summed E-state index contributed by atoms with van der Waals surface area (Å²) < 4.78 is 16.9. The van der Waals surface area contributed by atoms with E-state index in [2.05, 4.69) is 43.7 Å². The molecule has 0 aliphatic rings. The summed E-state index contributed by atoms with van der Waals surface area (Å²) in [5, 5.41) is 9.07. The minimum atomic E-state index is -0.955. The van der Waals surface area contributed by atoms with Crippen LogP contribution in [0.1, 0.15) is 11.1 Å². The summed E-state index contributed by atoms with van der Waals surface area (Å²) in [6.45, 7) is 5.62. The first-order valence-corrected chi connectivity index (χ1v) is 12.4. The highest BCUT2D eigenvalue weighted by Crippen LogP contribution is 2.36. The second-order valence-electron chi connectivity index (χ2n) is 8.02. The molecule has 0 aromatic heterocycles. The molecule has 39 heavy (non-hydrogen) atoms. The van der Waals surface area contributed by atoms with Gasteiger partial charge in [0.15, 0.2) is 18.1 Å². The van der Waals surface area contributed by atoms with Crippen LogP contribution in [0.3, 0.4) is 0 Å². The lowest BCUT2D eigenvalue weighted by Gasteiger charge is -2.13. The van der Waals surface area contributed by atoms with E-state index < -0.39 is 11.8 Å². The normalized spacial score (nSPS) is 10.4. The molecule has 0 unspecified atom stereocenters. The van der Waals surface area contributed by atoms with E-state index in [9.17, 15) is 14.4 Å². The number of hydrogen-bond acceptors (Lipinski definition) is 7. The van der Waals surface area contributed by atoms with Crippen LogP contribution >= 0.6 is 15.9 Å². The van der Waals surface area contributed by atoms with Crippen molar-refractivity contribution in [3.05, 3.63) is 88.9 Å². The zero-order valence-corrected chi connectivity index (χ0v) is 22.9. The molecule has 0 bridgehead atoms. The van der Waals surface area contributed by atoms with Gasteiger partial charge in [0, 0.05) is 11.4 Å². The fourth-order valence-corrected chi connectivity index (χ4v) is 3.78. The molecule has 0 saturated heterocycles. The van der Waals surface area contributed by atoms with Crippen molar-refractivity contribution in [2.24, 2.45) is 5.10 Å². The number of carbonyl (C=O) groups excluding carboxylic acids is 3. The maximum absolute atomic E-state index is 12.3. The van der Waals surface area contributed by atoms with Gasteiger partial charge in [0.05, 0.1) is 17.8 Å². The molecular formula is C28H27BrN4O6. The molecule has 0 fully saturated rings. The second-order valence-corrected chi connectivity index (χ2v) is 8.87. The molecule has 3 aromatic rings. The van der Waals surface area contributed by atoms with E-state index in [4.69, 9.17) is 14.2 Å². The molecule has 0 atom stereocenters. The molecule has 3 N–H and O–H groups in total. The van der Waals surface area contributed by atoms with Gasteiger partial charge < -0.3 is 24.8 Å². The van der Waals surface area contributed by atoms with Crippen molar-refractivity contribution in [2.45, 2.75) is 6.92 Å². The summed E-state index contributed by atoms with van der Waals surface area (Å²) in [6, 6.07) is 17.2. The molecule has 3 amide bonds. The van der Waals surface area contributed by atoms with E-state index in [0.717, 1.165) is 5.56 Å². The maximum atomic E-state index is 12.3. The minimum Gasteiger partial charge on any atom is -0.493 e. The van der Waals surface area contributed by atoms with Crippen LogP contribution in [0.4, 0.5) is 11.4 Å². The minimum absolute atomic E-state index is 0.244. The highest BCUT2D eigenvalue weighted by Gasteiger charge is 2.15. The smallest absolute Gasteiger partial charge is 0.329 e. The van der Waals surface area contributed by atoms with Crippen LogP contribution < -0.4 is 30.3 Å². The monoisotopic (exact) mass is 594 g/mol. The predicted molar refractivity (Wildman–Crippen MR) is 152 cm³/mol. The fraction of sp³-hybridized carbons (Fsp3) is 0.143. The number of carbonyl (C=O) groups is 3. The number of nitrogens with one attached hydrogen (secondary N) is 3. The molecule has 0 heterocycles. The van der Waals surface area contributed by atoms with E-state index >= 15 is 0 Å². The van der Waals surface area contributed by atoms with E-state index in [0.29, 0.717) is 45.3 Å². The third-order valence-corrected chi connectivity index (χ3v) is 5.56. The molecule has 0 aliphatic heterocycles. The molecule has 3 aromatic carbocycles. The third-order valence-electron chi connectivity index (χ3n) is 4.97. The van der Waals surface area contributed by atoms with E-state index in [-0.39, 0.29) is 12.5 Å². The number of hydrazone groups is 1. The summed E-state index contributed by atoms with van der Waals surface area (Å²) in [7, 11) is 1.45. The molecule has 11 heteroatoms. The zero-order valence-electron chi connectivity index (χ0n) is 21.3. The molecule has 0 spiro atoms. The number of rotatable bonds is 11. The number of amides is 3. The number of anilines is 2. The van der Waals surface area contributed by atoms with Crippen molar-refractivity contribution in [3.63, 3.8) is 0 Å². The van der Waals surface area contributed by atoms with Crippen molar-refractivity contribution in [3.8, 4) is 17.2 Å². The van der Waals surface area contributed by atoms with E-state index in [1.54, 1.807) is 48.5 Å². The Bertz CT molecular complexity index is 1370. The molecule has 10 nitrogen and oxygen atoms in total. The lowest BCUT2D eigenvalue weighted by Crippen LogP contribution is -2.32. The number of methoxy groups -OCH3 is 1. The van der Waals surface area contributed by atoms with Gasteiger partial charge in [-0.2, -0.15) is 5.10 Å². The lowest BCUT2D eigenvalue weighted by molar-refractivity contribution is -0.136. The van der Waals surface area contributed by atoms with Gasteiger partial charge in [-0.25, -0.2) is 5.43 Å². The number of nitrogens with zero attached hydrogens (tertiary/aromatic N) is 1. The second kappa shape index (κ2) is 14.3. The summed E-state index contributed by atoms with van der Waals surface area (Å²) in [4.78, 5) is 36.6. The Kier molecular flexibility index (Phi) is 10.6. The Hall–Kier alpha value is -4.64. The van der Waals surface area contributed by atoms with Crippen LogP contribution in [0.15, 0.2) is 82.9 Å². The van der Waals surface area contributed by atoms with Crippen LogP contribution in [0, 0.1) is 6.92 Å². The quantitative estimate of drug-likeness (QED) is 0.130. The Morgan fingerprint density at radius 3 is 2.44 bits per heavy atom. The van der Waals surface area contributed by atoms with Crippen LogP contribution in [-0.2, 0) is 14.4 Å². The van der Waals surface area contributed by atoms with Gasteiger partial charge in [-0.15, -0.1) is 0 Å². The summed E-state index contributed by atoms with van der Waals surface area (Å²) in [5.41, 5.74) is 4.81. The van der Waals surface area contributed by atoms with Gasteiger partial charge in [-0.3, -0.25) is 14.4 Å². The van der Waals surface area contributed by atoms with Crippen LogP contribution in [-0.4, -0.2) is 44.3 Å². The van der Waals surface area contributed by atoms with Crippen molar-refractivity contribution >= 4 is 51.2 Å². The number of halogens is 1. The number of benzene rings is 3. The first-order chi connectivity index (χ1) is 18.8. The summed E-state index contributed by atoms with van der Waals surface area (Å²) in [5.74, 6) is -0.928. The number of hydrogen-bond donors (Lipinski definition) is 3. The van der Waals surface area contributed by atoms with Crippen LogP contribution in [0.5, 0.6) is 17.2 Å². The molecule has 0 saturated carbocycles. The Morgan fingerprint density at radius 2 is 1.74 bits per heavy atom. The van der Waals surface area contributed by atoms with Crippen LogP contribution in [0.25, 0.3) is 0 Å². The van der Waals surface area contributed by atoms with E-state index in [1.165, 1.54) is 13.3 Å². The summed E-state index contributed by atoms with van der Waals surface area (Å²) >= 11 is 3.40. The van der Waals surface area contributed by atoms with Crippen molar-refractivity contribution < 1.29 is 28.6 Å². The Labute approximate surface area is 234 Å². The highest BCUT2D eigenvalue weighted by molar-refractivity contribution is 9.10. The first-order valence-electron chi connectivity index (χ1n) is 11.6. The van der Waals surface area contributed by atoms with Gasteiger partial charge >= 0.3 is 11.8 Å². The highest BCUT2D eigenvalue weighted by atomic mass is 79.9. The van der Waals surface area contributed by atoms with Gasteiger partial charge in [0.1, 0.15) is 12.4 Å². The predicted octanol–water partition coefficient (Wildman–Crippen LogP) is 4.44. The van der Waals surface area contributed by atoms with Crippen molar-refractivity contribution in [2.75, 3.05) is 31.0 Å². The molecule has 3 rings (SSSR count). The Morgan fingerprint density at radius 1 is 0.974 bits per heavy atom. The summed E-state index contributed by atoms with van der Waals surface area (Å²) in [6.07, 6.45) is 2.95. The lowest BCUT2D eigenvalue weighted by atomic mass is 10.2. The standard InChI is InChI=1S/C28H27BrN4O6/c1-4-12-38-22-10-8-20(9-11-22)32-27(35)28(36)33-30-16-19-14-23(29)26(24(15-19)37-3)39-17-25(34)31-21-7-5-6-18(2)13-21/h4-11,13-16H,1,12,17H2,2-3H3,(H,31,34)(H,32,35)(H,33,36)/b30-16-. The van der Waals surface area contributed by atoms with Gasteiger partial charge in [0.25, 0.3) is 5.91 Å². The third kappa shape index (κ3) is 9.00. The van der Waals surface area contributed by atoms with Crippen LogP contribution in [0.2, 0.25) is 0 Å². The molecule has 202 valence electrons. The molecule has 0 aliphatic carbocycles.